The van der Waals surface area contributed by atoms with Gasteiger partial charge in [0.15, 0.2) is 0 Å². The fourth-order valence-corrected chi connectivity index (χ4v) is 4.27. The molecule has 2 nitrogen and oxygen atoms in total. The Morgan fingerprint density at radius 1 is 0.906 bits per heavy atom. The lowest BCUT2D eigenvalue weighted by molar-refractivity contribution is 0.383. The van der Waals surface area contributed by atoms with E-state index in [0.717, 1.165) is 47.3 Å². The number of benzene rings is 3. The molecule has 0 saturated carbocycles. The van der Waals surface area contributed by atoms with Gasteiger partial charge in [-0.15, -0.1) is 0 Å². The highest BCUT2D eigenvalue weighted by molar-refractivity contribution is 5.98. The van der Waals surface area contributed by atoms with Gasteiger partial charge in [-0.3, -0.25) is 4.90 Å². The zero-order valence-electron chi connectivity index (χ0n) is 18.4. The molecule has 32 heavy (non-hydrogen) atoms. The van der Waals surface area contributed by atoms with Crippen molar-refractivity contribution in [3.63, 3.8) is 0 Å². The molecule has 0 unspecified atom stereocenters. The minimum absolute atomic E-state index is 0.209. The van der Waals surface area contributed by atoms with E-state index < -0.39 is 0 Å². The second kappa shape index (κ2) is 10.3. The summed E-state index contributed by atoms with van der Waals surface area (Å²) in [6.45, 7) is 4.96. The summed E-state index contributed by atoms with van der Waals surface area (Å²) >= 11 is 0. The molecule has 1 N–H and O–H groups in total. The van der Waals surface area contributed by atoms with E-state index in [1.54, 1.807) is 24.3 Å². The predicted octanol–water partition coefficient (Wildman–Crippen LogP) is 6.35. The largest absolute Gasteiger partial charge is 0.508 e. The fourth-order valence-electron chi connectivity index (χ4n) is 4.27. The molecule has 1 saturated heterocycles. The van der Waals surface area contributed by atoms with Crippen molar-refractivity contribution < 1.29 is 9.50 Å². The maximum absolute atomic E-state index is 15.1. The molecule has 1 fully saturated rings. The van der Waals surface area contributed by atoms with E-state index in [-0.39, 0.29) is 11.6 Å². The van der Waals surface area contributed by atoms with Gasteiger partial charge in [0.1, 0.15) is 11.6 Å². The first-order valence-electron chi connectivity index (χ1n) is 11.2. The molecule has 1 heterocycles. The lowest BCUT2D eigenvalue weighted by atomic mass is 9.88. The molecule has 0 spiro atoms. The van der Waals surface area contributed by atoms with Crippen LogP contribution in [0.5, 0.6) is 5.75 Å². The number of phenolic OH excluding ortho intramolecular Hbond substituents is 1. The Balaban J connectivity index is 1.74. The number of aromatic hydroxyl groups is 1. The topological polar surface area (TPSA) is 23.5 Å². The van der Waals surface area contributed by atoms with E-state index in [1.165, 1.54) is 12.8 Å². The summed E-state index contributed by atoms with van der Waals surface area (Å²) in [6, 6.07) is 22.6. The fraction of sp³-hybridized carbons (Fsp3) is 0.241. The van der Waals surface area contributed by atoms with Crippen LogP contribution in [-0.4, -0.2) is 29.6 Å². The van der Waals surface area contributed by atoms with E-state index in [9.17, 15) is 5.11 Å². The van der Waals surface area contributed by atoms with Crippen LogP contribution >= 0.6 is 0 Å². The Morgan fingerprint density at radius 2 is 1.59 bits per heavy atom. The number of rotatable bonds is 5. The van der Waals surface area contributed by atoms with E-state index in [4.69, 9.17) is 0 Å². The summed E-state index contributed by atoms with van der Waals surface area (Å²) in [5.74, 6) is 6.04. The Labute approximate surface area is 190 Å². The number of phenols is 1. The van der Waals surface area contributed by atoms with Gasteiger partial charge >= 0.3 is 0 Å². The van der Waals surface area contributed by atoms with Crippen molar-refractivity contribution in [3.8, 4) is 17.6 Å². The maximum atomic E-state index is 15.1. The number of allylic oxidation sites excluding steroid dienone is 1. The highest BCUT2D eigenvalue weighted by Crippen LogP contribution is 2.35. The van der Waals surface area contributed by atoms with Gasteiger partial charge in [-0.05, 0) is 84.5 Å². The van der Waals surface area contributed by atoms with Gasteiger partial charge in [0.05, 0.1) is 12.1 Å². The third kappa shape index (κ3) is 5.10. The van der Waals surface area contributed by atoms with E-state index in [0.29, 0.717) is 12.1 Å². The highest BCUT2D eigenvalue weighted by Gasteiger charge is 2.15. The zero-order chi connectivity index (χ0) is 22.3. The van der Waals surface area contributed by atoms with Gasteiger partial charge in [0.2, 0.25) is 0 Å². The van der Waals surface area contributed by atoms with Crippen molar-refractivity contribution in [1.29, 1.82) is 0 Å². The first-order chi connectivity index (χ1) is 15.7. The highest BCUT2D eigenvalue weighted by atomic mass is 19.1. The SMILES string of the molecule is CCC(=C(c1ccc(O)cc1)c1ccc(C#CCN2CCCC2)c(F)c1)c1ccccc1. The molecule has 0 aliphatic carbocycles. The lowest BCUT2D eigenvalue weighted by Gasteiger charge is -2.17. The van der Waals surface area contributed by atoms with Crippen LogP contribution in [0.2, 0.25) is 0 Å². The van der Waals surface area contributed by atoms with Gasteiger partial charge in [0, 0.05) is 0 Å². The second-order valence-corrected chi connectivity index (χ2v) is 8.10. The van der Waals surface area contributed by atoms with E-state index in [1.807, 2.05) is 36.4 Å². The lowest BCUT2D eigenvalue weighted by Crippen LogP contribution is -2.18. The molecule has 3 aromatic rings. The van der Waals surface area contributed by atoms with Crippen LogP contribution in [0.3, 0.4) is 0 Å². The van der Waals surface area contributed by atoms with Gasteiger partial charge in [-0.1, -0.05) is 67.3 Å². The van der Waals surface area contributed by atoms with Gasteiger partial charge in [-0.25, -0.2) is 4.39 Å². The van der Waals surface area contributed by atoms with Gasteiger partial charge in [0.25, 0.3) is 0 Å². The normalized spacial score (nSPS) is 14.6. The molecule has 1 aliphatic heterocycles. The predicted molar refractivity (Wildman–Crippen MR) is 130 cm³/mol. The molecular weight excluding hydrogens is 397 g/mol. The van der Waals surface area contributed by atoms with E-state index in [2.05, 4.69) is 35.8 Å². The monoisotopic (exact) mass is 425 g/mol. The molecule has 162 valence electrons. The molecule has 3 aromatic carbocycles. The molecule has 0 amide bonds. The number of likely N-dealkylation sites (tertiary alicyclic amines) is 1. The van der Waals surface area contributed by atoms with Gasteiger partial charge < -0.3 is 5.11 Å². The van der Waals surface area contributed by atoms with Gasteiger partial charge in [-0.2, -0.15) is 0 Å². The zero-order valence-corrected chi connectivity index (χ0v) is 18.4. The molecule has 0 aromatic heterocycles. The van der Waals surface area contributed by atoms with Crippen LogP contribution in [0.15, 0.2) is 72.8 Å². The van der Waals surface area contributed by atoms with Crippen LogP contribution < -0.4 is 0 Å². The standard InChI is InChI=1S/C29H28FNO/c1-2-27(22-9-4-3-5-10-22)29(24-14-16-26(32)17-15-24)25-13-12-23(28(30)21-25)11-8-20-31-18-6-7-19-31/h3-5,9-10,12-17,21,32H,2,6-7,18-20H2,1H3. The molecule has 3 heteroatoms. The summed E-state index contributed by atoms with van der Waals surface area (Å²) in [4.78, 5) is 2.30. The van der Waals surface area contributed by atoms with E-state index >= 15 is 4.39 Å². The smallest absolute Gasteiger partial charge is 0.139 e. The second-order valence-electron chi connectivity index (χ2n) is 8.10. The maximum Gasteiger partial charge on any atom is 0.139 e. The summed E-state index contributed by atoms with van der Waals surface area (Å²) < 4.78 is 15.1. The summed E-state index contributed by atoms with van der Waals surface area (Å²) in [5, 5.41) is 9.77. The summed E-state index contributed by atoms with van der Waals surface area (Å²) in [5.41, 5.74) is 5.37. The third-order valence-corrected chi connectivity index (χ3v) is 5.92. The van der Waals surface area contributed by atoms with Crippen molar-refractivity contribution >= 4 is 11.1 Å². The van der Waals surface area contributed by atoms with Crippen LogP contribution in [0, 0.1) is 17.7 Å². The quantitative estimate of drug-likeness (QED) is 0.380. The minimum Gasteiger partial charge on any atom is -0.508 e. The van der Waals surface area contributed by atoms with Crippen LogP contribution in [0.4, 0.5) is 4.39 Å². The van der Waals surface area contributed by atoms with Crippen LogP contribution in [0.1, 0.15) is 48.4 Å². The average Bonchev–Trinajstić information content (AvgIpc) is 3.33. The van der Waals surface area contributed by atoms with Crippen molar-refractivity contribution in [2.45, 2.75) is 26.2 Å². The van der Waals surface area contributed by atoms with Crippen molar-refractivity contribution in [3.05, 3.63) is 101 Å². The molecular formula is C29H28FNO. The van der Waals surface area contributed by atoms with Crippen LogP contribution in [0.25, 0.3) is 11.1 Å². The molecule has 0 bridgehead atoms. The van der Waals surface area contributed by atoms with Crippen molar-refractivity contribution in [1.82, 2.24) is 4.90 Å². The number of hydrogen-bond acceptors (Lipinski definition) is 2. The summed E-state index contributed by atoms with van der Waals surface area (Å²) in [7, 11) is 0. The Morgan fingerprint density at radius 3 is 2.25 bits per heavy atom. The molecule has 4 rings (SSSR count). The van der Waals surface area contributed by atoms with Crippen LogP contribution in [-0.2, 0) is 0 Å². The number of halogens is 1. The molecule has 0 atom stereocenters. The first-order valence-corrected chi connectivity index (χ1v) is 11.2. The minimum atomic E-state index is -0.309. The first kappa shape index (κ1) is 21.9. The molecule has 0 radical (unpaired) electrons. The van der Waals surface area contributed by atoms with Crippen molar-refractivity contribution in [2.24, 2.45) is 0 Å². The Hall–Kier alpha value is -3.35. The molecule has 1 aliphatic rings. The summed E-state index contributed by atoms with van der Waals surface area (Å²) in [6.07, 6.45) is 3.23. The number of nitrogens with zero attached hydrogens (tertiary/aromatic N) is 1. The van der Waals surface area contributed by atoms with Crippen molar-refractivity contribution in [2.75, 3.05) is 19.6 Å². The third-order valence-electron chi connectivity index (χ3n) is 5.92. The Kier molecular flexibility index (Phi) is 7.04. The number of hydrogen-bond donors (Lipinski definition) is 1. The Bertz CT molecular complexity index is 1150. The average molecular weight is 426 g/mol.